The second-order valence-electron chi connectivity index (χ2n) is 6.51. The van der Waals surface area contributed by atoms with Gasteiger partial charge in [-0.05, 0) is 31.0 Å². The van der Waals surface area contributed by atoms with Crippen molar-refractivity contribution in [2.75, 3.05) is 32.7 Å². The molecule has 1 fully saturated rings. The molecule has 1 aliphatic heterocycles. The van der Waals surface area contributed by atoms with E-state index in [1.54, 1.807) is 25.3 Å². The highest BCUT2D eigenvalue weighted by molar-refractivity contribution is 14.0. The number of hydrogen-bond donors (Lipinski definition) is 1. The Bertz CT molecular complexity index is 730. The Hall–Kier alpha value is -1.68. The molecule has 0 aliphatic carbocycles. The van der Waals surface area contributed by atoms with Gasteiger partial charge in [0.1, 0.15) is 12.1 Å². The first kappa shape index (κ1) is 21.6. The second-order valence-corrected chi connectivity index (χ2v) is 6.51. The third-order valence-corrected chi connectivity index (χ3v) is 4.53. The highest BCUT2D eigenvalue weighted by Crippen LogP contribution is 2.11. The SMILES string of the molecule is CCNC(=NCc1ccc(C)c(F)c1)N1CCN(Cc2ccon2)CC1.I. The van der Waals surface area contributed by atoms with Crippen LogP contribution in [0, 0.1) is 12.7 Å². The monoisotopic (exact) mass is 487 g/mol. The summed E-state index contributed by atoms with van der Waals surface area (Å²) in [4.78, 5) is 9.31. The number of nitrogens with one attached hydrogen (secondary N) is 1. The van der Waals surface area contributed by atoms with E-state index in [0.29, 0.717) is 12.1 Å². The van der Waals surface area contributed by atoms with E-state index in [-0.39, 0.29) is 29.8 Å². The molecule has 8 heteroatoms. The van der Waals surface area contributed by atoms with Crippen molar-refractivity contribution < 1.29 is 8.91 Å². The molecule has 148 valence electrons. The van der Waals surface area contributed by atoms with Crippen LogP contribution in [0.5, 0.6) is 0 Å². The van der Waals surface area contributed by atoms with Gasteiger partial charge in [0, 0.05) is 45.3 Å². The second kappa shape index (κ2) is 10.6. The van der Waals surface area contributed by atoms with Crippen LogP contribution in [-0.2, 0) is 13.1 Å². The van der Waals surface area contributed by atoms with Crippen molar-refractivity contribution in [3.63, 3.8) is 0 Å². The Morgan fingerprint density at radius 3 is 2.67 bits per heavy atom. The van der Waals surface area contributed by atoms with Crippen molar-refractivity contribution in [1.29, 1.82) is 0 Å². The first-order valence-corrected chi connectivity index (χ1v) is 9.05. The van der Waals surface area contributed by atoms with Crippen molar-refractivity contribution in [2.45, 2.75) is 26.9 Å². The van der Waals surface area contributed by atoms with Gasteiger partial charge in [-0.3, -0.25) is 4.90 Å². The molecular formula is C19H27FIN5O. The number of aryl methyl sites for hydroxylation is 1. The van der Waals surface area contributed by atoms with Crippen molar-refractivity contribution in [3.05, 3.63) is 53.2 Å². The normalized spacial score (nSPS) is 15.5. The maximum atomic E-state index is 13.7. The van der Waals surface area contributed by atoms with E-state index in [1.807, 2.05) is 12.1 Å². The molecule has 0 unspecified atom stereocenters. The van der Waals surface area contributed by atoms with Crippen molar-refractivity contribution >= 4 is 29.9 Å². The molecule has 1 saturated heterocycles. The zero-order valence-electron chi connectivity index (χ0n) is 15.8. The maximum absolute atomic E-state index is 13.7. The van der Waals surface area contributed by atoms with Gasteiger partial charge in [-0.25, -0.2) is 9.38 Å². The zero-order chi connectivity index (χ0) is 18.4. The summed E-state index contributed by atoms with van der Waals surface area (Å²) in [6.45, 7) is 9.58. The summed E-state index contributed by atoms with van der Waals surface area (Å²) in [5.74, 6) is 0.707. The molecule has 6 nitrogen and oxygen atoms in total. The van der Waals surface area contributed by atoms with Gasteiger partial charge in [0.05, 0.1) is 12.2 Å². The number of halogens is 2. The zero-order valence-corrected chi connectivity index (χ0v) is 18.2. The van der Waals surface area contributed by atoms with Crippen LogP contribution in [0.15, 0.2) is 40.0 Å². The van der Waals surface area contributed by atoms with Crippen LogP contribution >= 0.6 is 24.0 Å². The predicted molar refractivity (Wildman–Crippen MR) is 115 cm³/mol. The third-order valence-electron chi connectivity index (χ3n) is 4.53. The predicted octanol–water partition coefficient (Wildman–Crippen LogP) is 3.02. The van der Waals surface area contributed by atoms with Crippen LogP contribution in [0.1, 0.15) is 23.7 Å². The fourth-order valence-electron chi connectivity index (χ4n) is 2.99. The average Bonchev–Trinajstić information content (AvgIpc) is 3.15. The van der Waals surface area contributed by atoms with Gasteiger partial charge in [-0.2, -0.15) is 0 Å². The summed E-state index contributed by atoms with van der Waals surface area (Å²) >= 11 is 0. The number of aliphatic imine (C=N–C) groups is 1. The molecule has 2 heterocycles. The first-order chi connectivity index (χ1) is 12.7. The van der Waals surface area contributed by atoms with Crippen LogP contribution in [0.25, 0.3) is 0 Å². The quantitative estimate of drug-likeness (QED) is 0.400. The lowest BCUT2D eigenvalue weighted by Gasteiger charge is -2.36. The van der Waals surface area contributed by atoms with Gasteiger partial charge < -0.3 is 14.7 Å². The first-order valence-electron chi connectivity index (χ1n) is 9.05. The number of rotatable bonds is 5. The topological polar surface area (TPSA) is 56.9 Å². The van der Waals surface area contributed by atoms with Gasteiger partial charge in [-0.15, -0.1) is 24.0 Å². The molecule has 0 bridgehead atoms. The summed E-state index contributed by atoms with van der Waals surface area (Å²) in [6.07, 6.45) is 1.61. The third kappa shape index (κ3) is 6.17. The van der Waals surface area contributed by atoms with E-state index in [4.69, 9.17) is 9.52 Å². The van der Waals surface area contributed by atoms with Crippen LogP contribution in [0.4, 0.5) is 4.39 Å². The fraction of sp³-hybridized carbons (Fsp3) is 0.474. The summed E-state index contributed by atoms with van der Waals surface area (Å²) in [7, 11) is 0. The molecule has 0 radical (unpaired) electrons. The fourth-order valence-corrected chi connectivity index (χ4v) is 2.99. The molecule has 3 rings (SSSR count). The van der Waals surface area contributed by atoms with Crippen molar-refractivity contribution in [3.8, 4) is 0 Å². The van der Waals surface area contributed by atoms with Gasteiger partial charge in [-0.1, -0.05) is 17.3 Å². The van der Waals surface area contributed by atoms with Crippen LogP contribution < -0.4 is 5.32 Å². The molecule has 0 amide bonds. The molecule has 1 aromatic carbocycles. The number of nitrogens with zero attached hydrogens (tertiary/aromatic N) is 4. The molecule has 1 aliphatic rings. The number of guanidine groups is 1. The Morgan fingerprint density at radius 2 is 2.04 bits per heavy atom. The van der Waals surface area contributed by atoms with Gasteiger partial charge in [0.15, 0.2) is 5.96 Å². The summed E-state index contributed by atoms with van der Waals surface area (Å²) in [5, 5.41) is 7.32. The highest BCUT2D eigenvalue weighted by atomic mass is 127. The van der Waals surface area contributed by atoms with Crippen molar-refractivity contribution in [2.24, 2.45) is 4.99 Å². The van der Waals surface area contributed by atoms with Gasteiger partial charge in [0.2, 0.25) is 0 Å². The van der Waals surface area contributed by atoms with Crippen LogP contribution in [-0.4, -0.2) is 53.6 Å². The lowest BCUT2D eigenvalue weighted by molar-refractivity contribution is 0.169. The molecule has 2 aromatic rings. The van der Waals surface area contributed by atoms with E-state index in [0.717, 1.165) is 56.5 Å². The van der Waals surface area contributed by atoms with E-state index < -0.39 is 0 Å². The molecule has 0 atom stereocenters. The smallest absolute Gasteiger partial charge is 0.194 e. The Kier molecular flexibility index (Phi) is 8.49. The summed E-state index contributed by atoms with van der Waals surface area (Å²) in [5.41, 5.74) is 2.50. The largest absolute Gasteiger partial charge is 0.364 e. The lowest BCUT2D eigenvalue weighted by Crippen LogP contribution is -2.52. The summed E-state index contributed by atoms with van der Waals surface area (Å²) < 4.78 is 18.6. The molecule has 0 saturated carbocycles. The molecule has 0 spiro atoms. The van der Waals surface area contributed by atoms with E-state index in [9.17, 15) is 4.39 Å². The average molecular weight is 487 g/mol. The Labute approximate surface area is 176 Å². The molecular weight excluding hydrogens is 460 g/mol. The van der Waals surface area contributed by atoms with E-state index >= 15 is 0 Å². The van der Waals surface area contributed by atoms with Crippen LogP contribution in [0.2, 0.25) is 0 Å². The molecule has 27 heavy (non-hydrogen) atoms. The van der Waals surface area contributed by atoms with Gasteiger partial charge >= 0.3 is 0 Å². The van der Waals surface area contributed by atoms with E-state index in [2.05, 4.69) is 27.2 Å². The highest BCUT2D eigenvalue weighted by Gasteiger charge is 2.20. The number of piperazine rings is 1. The minimum atomic E-state index is -0.177. The standard InChI is InChI=1S/C19H26FN5O.HI/c1-3-21-19(22-13-16-5-4-15(2)18(20)12-16)25-9-7-24(8-10-25)14-17-6-11-26-23-17;/h4-6,11-12H,3,7-10,13-14H2,1-2H3,(H,21,22);1H. The molecule has 1 aromatic heterocycles. The Morgan fingerprint density at radius 1 is 1.26 bits per heavy atom. The minimum Gasteiger partial charge on any atom is -0.364 e. The van der Waals surface area contributed by atoms with Crippen molar-refractivity contribution in [1.82, 2.24) is 20.3 Å². The molecule has 1 N–H and O–H groups in total. The maximum Gasteiger partial charge on any atom is 0.194 e. The Balaban J connectivity index is 0.00000261. The minimum absolute atomic E-state index is 0. The van der Waals surface area contributed by atoms with Crippen LogP contribution in [0.3, 0.4) is 0 Å². The number of aromatic nitrogens is 1. The summed E-state index contributed by atoms with van der Waals surface area (Å²) in [6, 6.07) is 7.20. The number of hydrogen-bond acceptors (Lipinski definition) is 4. The van der Waals surface area contributed by atoms with Gasteiger partial charge in [0.25, 0.3) is 0 Å². The lowest BCUT2D eigenvalue weighted by atomic mass is 10.1. The number of benzene rings is 1. The van der Waals surface area contributed by atoms with E-state index in [1.165, 1.54) is 0 Å².